The Morgan fingerprint density at radius 3 is 2.44 bits per heavy atom. The minimum Gasteiger partial charge on any atom is -0.457 e. The van der Waals surface area contributed by atoms with Gasteiger partial charge in [-0.05, 0) is 36.4 Å². The van der Waals surface area contributed by atoms with Crippen molar-refractivity contribution < 1.29 is 14.3 Å². The van der Waals surface area contributed by atoms with Gasteiger partial charge in [0, 0.05) is 25.3 Å². The van der Waals surface area contributed by atoms with E-state index in [2.05, 4.69) is 10.6 Å². The fourth-order valence-electron chi connectivity index (χ4n) is 2.56. The molecule has 1 heterocycles. The molecule has 1 aliphatic heterocycles. The largest absolute Gasteiger partial charge is 0.457 e. The molecule has 0 aromatic heterocycles. The third-order valence-electron chi connectivity index (χ3n) is 3.89. The van der Waals surface area contributed by atoms with E-state index in [9.17, 15) is 9.59 Å². The van der Waals surface area contributed by atoms with Gasteiger partial charge in [0.15, 0.2) is 0 Å². The van der Waals surface area contributed by atoms with E-state index in [0.29, 0.717) is 24.5 Å². The van der Waals surface area contributed by atoms with Gasteiger partial charge < -0.3 is 26.0 Å². The van der Waals surface area contributed by atoms with Gasteiger partial charge in [-0.25, -0.2) is 4.79 Å². The SMILES string of the molecule is NC(=O)C1CN(C(=O)Nc2ccc(Oc3ccccc3)cc2)CCN1. The van der Waals surface area contributed by atoms with Gasteiger partial charge in [-0.2, -0.15) is 0 Å². The van der Waals surface area contributed by atoms with E-state index in [4.69, 9.17) is 10.5 Å². The number of para-hydroxylation sites is 1. The van der Waals surface area contributed by atoms with Crippen molar-refractivity contribution in [2.45, 2.75) is 6.04 Å². The van der Waals surface area contributed by atoms with E-state index in [1.807, 2.05) is 30.3 Å². The molecule has 1 atom stereocenters. The highest BCUT2D eigenvalue weighted by molar-refractivity contribution is 5.90. The number of primary amides is 1. The van der Waals surface area contributed by atoms with Crippen LogP contribution in [0.4, 0.5) is 10.5 Å². The summed E-state index contributed by atoms with van der Waals surface area (Å²) in [5.74, 6) is 0.970. The quantitative estimate of drug-likeness (QED) is 0.790. The van der Waals surface area contributed by atoms with E-state index in [0.717, 1.165) is 5.75 Å². The summed E-state index contributed by atoms with van der Waals surface area (Å²) in [4.78, 5) is 25.1. The van der Waals surface area contributed by atoms with Gasteiger partial charge in [-0.3, -0.25) is 4.79 Å². The number of amides is 3. The van der Waals surface area contributed by atoms with E-state index in [1.165, 1.54) is 0 Å². The third kappa shape index (κ3) is 4.48. The molecular formula is C18H20N4O3. The number of nitrogens with one attached hydrogen (secondary N) is 2. The Bertz CT molecular complexity index is 734. The zero-order chi connectivity index (χ0) is 17.6. The summed E-state index contributed by atoms with van der Waals surface area (Å²) < 4.78 is 5.71. The number of hydrogen-bond acceptors (Lipinski definition) is 4. The summed E-state index contributed by atoms with van der Waals surface area (Å²) in [5.41, 5.74) is 5.94. The Morgan fingerprint density at radius 2 is 1.76 bits per heavy atom. The van der Waals surface area contributed by atoms with Gasteiger partial charge in [0.1, 0.15) is 17.5 Å². The Labute approximate surface area is 145 Å². The number of carbonyl (C=O) groups excluding carboxylic acids is 2. The molecule has 3 amide bonds. The van der Waals surface area contributed by atoms with Crippen molar-refractivity contribution in [2.75, 3.05) is 25.0 Å². The smallest absolute Gasteiger partial charge is 0.321 e. The van der Waals surface area contributed by atoms with Crippen LogP contribution in [0.1, 0.15) is 0 Å². The molecule has 4 N–H and O–H groups in total. The van der Waals surface area contributed by atoms with Crippen molar-refractivity contribution in [3.05, 3.63) is 54.6 Å². The predicted octanol–water partition coefficient (Wildman–Crippen LogP) is 1.77. The maximum atomic E-state index is 12.3. The van der Waals surface area contributed by atoms with Crippen LogP contribution in [0.25, 0.3) is 0 Å². The van der Waals surface area contributed by atoms with Crippen LogP contribution in [0.2, 0.25) is 0 Å². The highest BCUT2D eigenvalue weighted by atomic mass is 16.5. The maximum absolute atomic E-state index is 12.3. The molecule has 1 saturated heterocycles. The normalized spacial score (nSPS) is 17.0. The lowest BCUT2D eigenvalue weighted by Crippen LogP contribution is -2.58. The van der Waals surface area contributed by atoms with Crippen LogP contribution in [-0.4, -0.2) is 42.5 Å². The van der Waals surface area contributed by atoms with E-state index in [-0.39, 0.29) is 12.6 Å². The van der Waals surface area contributed by atoms with Crippen molar-refractivity contribution in [1.29, 1.82) is 0 Å². The van der Waals surface area contributed by atoms with E-state index >= 15 is 0 Å². The van der Waals surface area contributed by atoms with E-state index < -0.39 is 11.9 Å². The summed E-state index contributed by atoms with van der Waals surface area (Å²) in [5, 5.41) is 5.80. The second-order valence-corrected chi connectivity index (χ2v) is 5.72. The van der Waals surface area contributed by atoms with Crippen LogP contribution >= 0.6 is 0 Å². The number of ether oxygens (including phenoxy) is 1. The second-order valence-electron chi connectivity index (χ2n) is 5.72. The molecule has 0 aliphatic carbocycles. The molecule has 2 aromatic carbocycles. The van der Waals surface area contributed by atoms with Gasteiger partial charge in [0.05, 0.1) is 0 Å². The summed E-state index contributed by atoms with van der Waals surface area (Å²) in [6.45, 7) is 1.31. The van der Waals surface area contributed by atoms with Crippen molar-refractivity contribution >= 4 is 17.6 Å². The van der Waals surface area contributed by atoms with Crippen molar-refractivity contribution in [1.82, 2.24) is 10.2 Å². The summed E-state index contributed by atoms with van der Waals surface area (Å²) in [6, 6.07) is 15.8. The maximum Gasteiger partial charge on any atom is 0.321 e. The standard InChI is InChI=1S/C18H20N4O3/c19-17(23)16-12-22(11-10-20-16)18(24)21-13-6-8-15(9-7-13)25-14-4-2-1-3-5-14/h1-9,16,20H,10-12H2,(H2,19,23)(H,21,24). The number of urea groups is 1. The van der Waals surface area contributed by atoms with Crippen LogP contribution in [0.5, 0.6) is 11.5 Å². The number of rotatable bonds is 4. The first kappa shape index (κ1) is 16.8. The molecule has 25 heavy (non-hydrogen) atoms. The zero-order valence-corrected chi connectivity index (χ0v) is 13.6. The average Bonchev–Trinajstić information content (AvgIpc) is 2.64. The highest BCUT2D eigenvalue weighted by Gasteiger charge is 2.26. The first-order valence-corrected chi connectivity index (χ1v) is 8.03. The van der Waals surface area contributed by atoms with Crippen molar-refractivity contribution in [3.63, 3.8) is 0 Å². The average molecular weight is 340 g/mol. The van der Waals surface area contributed by atoms with Crippen LogP contribution in [-0.2, 0) is 4.79 Å². The molecule has 0 saturated carbocycles. The molecule has 1 fully saturated rings. The molecule has 0 spiro atoms. The van der Waals surface area contributed by atoms with Gasteiger partial charge in [-0.15, -0.1) is 0 Å². The van der Waals surface area contributed by atoms with Gasteiger partial charge >= 0.3 is 6.03 Å². The summed E-state index contributed by atoms with van der Waals surface area (Å²) >= 11 is 0. The molecule has 2 aromatic rings. The topological polar surface area (TPSA) is 96.7 Å². The van der Waals surface area contributed by atoms with Crippen LogP contribution in [0.3, 0.4) is 0 Å². The third-order valence-corrected chi connectivity index (χ3v) is 3.89. The van der Waals surface area contributed by atoms with Gasteiger partial charge in [-0.1, -0.05) is 18.2 Å². The molecule has 3 rings (SSSR count). The van der Waals surface area contributed by atoms with Gasteiger partial charge in [0.2, 0.25) is 5.91 Å². The van der Waals surface area contributed by atoms with Crippen molar-refractivity contribution in [3.8, 4) is 11.5 Å². The van der Waals surface area contributed by atoms with Crippen molar-refractivity contribution in [2.24, 2.45) is 5.73 Å². The summed E-state index contributed by atoms with van der Waals surface area (Å²) in [6.07, 6.45) is 0. The molecule has 1 aliphatic rings. The molecule has 0 bridgehead atoms. The summed E-state index contributed by atoms with van der Waals surface area (Å²) in [7, 11) is 0. The number of nitrogens with two attached hydrogens (primary N) is 1. The second kappa shape index (κ2) is 7.67. The van der Waals surface area contributed by atoms with Gasteiger partial charge in [0.25, 0.3) is 0 Å². The molecule has 0 radical (unpaired) electrons. The highest BCUT2D eigenvalue weighted by Crippen LogP contribution is 2.22. The number of nitrogens with zero attached hydrogens (tertiary/aromatic N) is 1. The van der Waals surface area contributed by atoms with E-state index in [1.54, 1.807) is 29.2 Å². The molecule has 130 valence electrons. The Hall–Kier alpha value is -3.06. The molecular weight excluding hydrogens is 320 g/mol. The van der Waals surface area contributed by atoms with Crippen LogP contribution in [0, 0.1) is 0 Å². The molecule has 7 nitrogen and oxygen atoms in total. The molecule has 1 unspecified atom stereocenters. The lowest BCUT2D eigenvalue weighted by Gasteiger charge is -2.32. The fourth-order valence-corrected chi connectivity index (χ4v) is 2.56. The predicted molar refractivity (Wildman–Crippen MR) is 94.5 cm³/mol. The lowest BCUT2D eigenvalue weighted by molar-refractivity contribution is -0.120. The Balaban J connectivity index is 1.57. The number of hydrogen-bond donors (Lipinski definition) is 3. The van der Waals surface area contributed by atoms with Crippen LogP contribution < -0.4 is 21.1 Å². The lowest BCUT2D eigenvalue weighted by atomic mass is 10.2. The zero-order valence-electron chi connectivity index (χ0n) is 13.6. The number of carbonyl (C=O) groups is 2. The molecule has 7 heteroatoms. The number of benzene rings is 2. The number of piperazine rings is 1. The monoisotopic (exact) mass is 340 g/mol. The minimum atomic E-state index is -0.513. The number of anilines is 1. The first-order chi connectivity index (χ1) is 12.1. The fraction of sp³-hybridized carbons (Fsp3) is 0.222. The Morgan fingerprint density at radius 1 is 1.08 bits per heavy atom. The first-order valence-electron chi connectivity index (χ1n) is 8.03. The Kier molecular flexibility index (Phi) is 5.15. The minimum absolute atomic E-state index is 0.260. The van der Waals surface area contributed by atoms with Crippen LogP contribution in [0.15, 0.2) is 54.6 Å².